The summed E-state index contributed by atoms with van der Waals surface area (Å²) in [6, 6.07) is 16.7. The van der Waals surface area contributed by atoms with Gasteiger partial charge in [-0.05, 0) is 24.1 Å². The van der Waals surface area contributed by atoms with Crippen molar-refractivity contribution in [1.82, 2.24) is 10.9 Å². The van der Waals surface area contributed by atoms with E-state index in [1.165, 1.54) is 12.8 Å². The predicted octanol–water partition coefficient (Wildman–Crippen LogP) is 4.39. The predicted molar refractivity (Wildman–Crippen MR) is 106 cm³/mol. The zero-order chi connectivity index (χ0) is 19.3. The second-order valence-electron chi connectivity index (χ2n) is 6.44. The molecule has 0 aliphatic carbocycles. The first-order chi connectivity index (χ1) is 13.2. The van der Waals surface area contributed by atoms with Gasteiger partial charge < -0.3 is 4.74 Å². The average Bonchev–Trinajstić information content (AvgIpc) is 2.71. The van der Waals surface area contributed by atoms with E-state index in [4.69, 9.17) is 4.74 Å². The van der Waals surface area contributed by atoms with Crippen molar-refractivity contribution in [2.75, 3.05) is 0 Å². The number of carbonyl (C=O) groups is 2. The highest BCUT2D eigenvalue weighted by atomic mass is 16.5. The molecule has 0 saturated heterocycles. The van der Waals surface area contributed by atoms with Crippen LogP contribution in [0.3, 0.4) is 0 Å². The number of unbranched alkanes of at least 4 members (excludes halogenated alkanes) is 4. The molecule has 0 radical (unpaired) electrons. The Labute approximate surface area is 161 Å². The summed E-state index contributed by atoms with van der Waals surface area (Å²) in [6.07, 6.45) is 5.79. The SMILES string of the molecule is CCCCCCCC(=O)NNC(=O)c1ccccc1OCc1ccccc1. The third-order valence-corrected chi connectivity index (χ3v) is 4.19. The van der Waals surface area contributed by atoms with Gasteiger partial charge in [0.1, 0.15) is 12.4 Å². The first kappa shape index (κ1) is 20.5. The van der Waals surface area contributed by atoms with Crippen LogP contribution in [0.15, 0.2) is 54.6 Å². The molecule has 2 aromatic rings. The Morgan fingerprint density at radius 2 is 1.56 bits per heavy atom. The van der Waals surface area contributed by atoms with E-state index in [0.29, 0.717) is 24.3 Å². The minimum Gasteiger partial charge on any atom is -0.488 e. The lowest BCUT2D eigenvalue weighted by Crippen LogP contribution is -2.41. The maximum absolute atomic E-state index is 12.4. The zero-order valence-corrected chi connectivity index (χ0v) is 15.9. The van der Waals surface area contributed by atoms with E-state index in [2.05, 4.69) is 17.8 Å². The van der Waals surface area contributed by atoms with Crippen molar-refractivity contribution in [3.05, 3.63) is 65.7 Å². The van der Waals surface area contributed by atoms with Gasteiger partial charge in [0.05, 0.1) is 5.56 Å². The largest absolute Gasteiger partial charge is 0.488 e. The summed E-state index contributed by atoms with van der Waals surface area (Å²) in [5, 5.41) is 0. The molecule has 0 heterocycles. The van der Waals surface area contributed by atoms with E-state index >= 15 is 0 Å². The van der Waals surface area contributed by atoms with Crippen molar-refractivity contribution in [3.63, 3.8) is 0 Å². The van der Waals surface area contributed by atoms with Crippen LogP contribution in [0, 0.1) is 0 Å². The van der Waals surface area contributed by atoms with Crippen molar-refractivity contribution in [1.29, 1.82) is 0 Å². The summed E-state index contributed by atoms with van der Waals surface area (Å²) in [4.78, 5) is 24.2. The van der Waals surface area contributed by atoms with Crippen molar-refractivity contribution < 1.29 is 14.3 Å². The lowest BCUT2D eigenvalue weighted by Gasteiger charge is -2.12. The summed E-state index contributed by atoms with van der Waals surface area (Å²) in [7, 11) is 0. The van der Waals surface area contributed by atoms with E-state index < -0.39 is 5.91 Å². The molecule has 5 heteroatoms. The molecule has 27 heavy (non-hydrogen) atoms. The van der Waals surface area contributed by atoms with Crippen LogP contribution < -0.4 is 15.6 Å². The quantitative estimate of drug-likeness (QED) is 0.483. The fourth-order valence-electron chi connectivity index (χ4n) is 2.66. The van der Waals surface area contributed by atoms with E-state index in [1.54, 1.807) is 18.2 Å². The molecule has 0 atom stereocenters. The van der Waals surface area contributed by atoms with E-state index in [-0.39, 0.29) is 5.91 Å². The standard InChI is InChI=1S/C22H28N2O3/c1-2-3-4-5-9-16-21(25)23-24-22(26)19-14-10-11-15-20(19)27-17-18-12-7-6-8-13-18/h6-8,10-15H,2-5,9,16-17H2,1H3,(H,23,25)(H,24,26). The van der Waals surface area contributed by atoms with Gasteiger partial charge in [-0.2, -0.15) is 0 Å². The lowest BCUT2D eigenvalue weighted by molar-refractivity contribution is -0.122. The number of hydrogen-bond acceptors (Lipinski definition) is 3. The molecule has 0 aliphatic heterocycles. The highest BCUT2D eigenvalue weighted by Gasteiger charge is 2.13. The van der Waals surface area contributed by atoms with Gasteiger partial charge in [-0.25, -0.2) is 0 Å². The molecule has 2 N–H and O–H groups in total. The lowest BCUT2D eigenvalue weighted by atomic mass is 10.1. The number of benzene rings is 2. The van der Waals surface area contributed by atoms with Crippen LogP contribution in [0.1, 0.15) is 61.4 Å². The van der Waals surface area contributed by atoms with Gasteiger partial charge in [0.2, 0.25) is 5.91 Å². The number of nitrogens with one attached hydrogen (secondary N) is 2. The Morgan fingerprint density at radius 1 is 0.852 bits per heavy atom. The summed E-state index contributed by atoms with van der Waals surface area (Å²) in [5.74, 6) is -0.0896. The highest BCUT2D eigenvalue weighted by Crippen LogP contribution is 2.19. The second-order valence-corrected chi connectivity index (χ2v) is 6.44. The number of para-hydroxylation sites is 1. The number of hydrogen-bond donors (Lipinski definition) is 2. The van der Waals surface area contributed by atoms with E-state index in [1.807, 2.05) is 36.4 Å². The minimum atomic E-state index is -0.391. The molecule has 2 amide bonds. The molecule has 2 rings (SSSR count). The van der Waals surface area contributed by atoms with Crippen molar-refractivity contribution in [2.24, 2.45) is 0 Å². The van der Waals surface area contributed by atoms with Crippen molar-refractivity contribution in [2.45, 2.75) is 52.1 Å². The Bertz CT molecular complexity index is 717. The van der Waals surface area contributed by atoms with Crippen LogP contribution in [-0.2, 0) is 11.4 Å². The van der Waals surface area contributed by atoms with Crippen LogP contribution in [0.5, 0.6) is 5.75 Å². The Morgan fingerprint density at radius 3 is 2.33 bits per heavy atom. The van der Waals surface area contributed by atoms with Gasteiger partial charge >= 0.3 is 0 Å². The molecular formula is C22H28N2O3. The smallest absolute Gasteiger partial charge is 0.273 e. The van der Waals surface area contributed by atoms with Crippen molar-refractivity contribution >= 4 is 11.8 Å². The third kappa shape index (κ3) is 7.52. The molecule has 0 unspecified atom stereocenters. The molecular weight excluding hydrogens is 340 g/mol. The molecule has 0 aromatic heterocycles. The van der Waals surface area contributed by atoms with Crippen molar-refractivity contribution in [3.8, 4) is 5.75 Å². The van der Waals surface area contributed by atoms with Crippen LogP contribution in [0.4, 0.5) is 0 Å². The van der Waals surface area contributed by atoms with E-state index in [9.17, 15) is 9.59 Å². The zero-order valence-electron chi connectivity index (χ0n) is 15.9. The summed E-state index contributed by atoms with van der Waals surface area (Å²) < 4.78 is 5.78. The maximum Gasteiger partial charge on any atom is 0.273 e. The van der Waals surface area contributed by atoms with E-state index in [0.717, 1.165) is 24.8 Å². The first-order valence-corrected chi connectivity index (χ1v) is 9.55. The molecule has 0 spiro atoms. The third-order valence-electron chi connectivity index (χ3n) is 4.19. The molecule has 0 saturated carbocycles. The minimum absolute atomic E-state index is 0.178. The monoisotopic (exact) mass is 368 g/mol. The van der Waals surface area contributed by atoms with Gasteiger partial charge in [-0.15, -0.1) is 0 Å². The van der Waals surface area contributed by atoms with Crippen LogP contribution >= 0.6 is 0 Å². The number of hydrazine groups is 1. The van der Waals surface area contributed by atoms with Gasteiger partial charge in [0, 0.05) is 6.42 Å². The molecule has 0 bridgehead atoms. The van der Waals surface area contributed by atoms with Crippen LogP contribution in [-0.4, -0.2) is 11.8 Å². The molecule has 144 valence electrons. The van der Waals surface area contributed by atoms with Crippen LogP contribution in [0.2, 0.25) is 0 Å². The van der Waals surface area contributed by atoms with Gasteiger partial charge in [-0.1, -0.05) is 75.1 Å². The fraction of sp³-hybridized carbons (Fsp3) is 0.364. The normalized spacial score (nSPS) is 10.3. The molecule has 2 aromatic carbocycles. The Hall–Kier alpha value is -2.82. The Kier molecular flexibility index (Phi) is 8.90. The number of ether oxygens (including phenoxy) is 1. The first-order valence-electron chi connectivity index (χ1n) is 9.55. The summed E-state index contributed by atoms with van der Waals surface area (Å²) in [5.41, 5.74) is 6.35. The maximum atomic E-state index is 12.4. The topological polar surface area (TPSA) is 67.4 Å². The fourth-order valence-corrected chi connectivity index (χ4v) is 2.66. The van der Waals surface area contributed by atoms with Crippen LogP contribution in [0.25, 0.3) is 0 Å². The second kappa shape index (κ2) is 11.7. The number of amides is 2. The highest BCUT2D eigenvalue weighted by molar-refractivity contribution is 5.97. The summed E-state index contributed by atoms with van der Waals surface area (Å²) >= 11 is 0. The number of rotatable bonds is 10. The van der Waals surface area contributed by atoms with Gasteiger partial charge in [0.25, 0.3) is 5.91 Å². The Balaban J connectivity index is 1.81. The van der Waals surface area contributed by atoms with Gasteiger partial charge in [-0.3, -0.25) is 20.4 Å². The molecule has 0 fully saturated rings. The molecule has 0 aliphatic rings. The van der Waals surface area contributed by atoms with Gasteiger partial charge in [0.15, 0.2) is 0 Å². The molecule has 5 nitrogen and oxygen atoms in total. The number of carbonyl (C=O) groups excluding carboxylic acids is 2. The average molecular weight is 368 g/mol. The summed E-state index contributed by atoms with van der Waals surface area (Å²) in [6.45, 7) is 2.53.